The summed E-state index contributed by atoms with van der Waals surface area (Å²) in [6, 6.07) is 16.3. The second kappa shape index (κ2) is 15.8. The normalized spacial score (nSPS) is 21.7. The minimum absolute atomic E-state index is 0.00275. The Morgan fingerprint density at radius 2 is 1.71 bits per heavy atom. The molecule has 1 atom stereocenters. The van der Waals surface area contributed by atoms with E-state index in [0.717, 1.165) is 80.4 Å². The number of aromatic nitrogens is 3. The molecule has 15 heteroatoms. The van der Waals surface area contributed by atoms with E-state index in [1.807, 2.05) is 27.7 Å². The lowest BCUT2D eigenvalue weighted by atomic mass is 10.1. The van der Waals surface area contributed by atoms with Gasteiger partial charge in [0.05, 0.1) is 11.4 Å². The van der Waals surface area contributed by atoms with Crippen LogP contribution in [0.3, 0.4) is 0 Å². The highest BCUT2D eigenvalue weighted by Crippen LogP contribution is 2.34. The molecule has 0 radical (unpaired) electrons. The molecule has 0 bridgehead atoms. The number of nitrogens with zero attached hydrogens (tertiary/aromatic N) is 6. The molecule has 1 saturated carbocycles. The lowest BCUT2D eigenvalue weighted by Crippen LogP contribution is -2.54. The maximum Gasteiger partial charge on any atom is 0.254 e. The van der Waals surface area contributed by atoms with Crippen molar-refractivity contribution in [2.45, 2.75) is 87.0 Å². The second-order valence-electron chi connectivity index (χ2n) is 15.8. The average Bonchev–Trinajstić information content (AvgIpc) is 3.86. The molecule has 4 fully saturated rings. The number of carbonyl (C=O) groups is 1. The number of hydrogen-bond acceptors (Lipinski definition) is 11. The summed E-state index contributed by atoms with van der Waals surface area (Å²) in [5, 5.41) is 7.65. The maximum atomic E-state index is 13.7. The van der Waals surface area contributed by atoms with Gasteiger partial charge in [-0.15, -0.1) is 0 Å². The van der Waals surface area contributed by atoms with Crippen molar-refractivity contribution >= 4 is 32.9 Å². The highest BCUT2D eigenvalue weighted by molar-refractivity contribution is 7.89. The van der Waals surface area contributed by atoms with Gasteiger partial charge < -0.3 is 25.0 Å². The van der Waals surface area contributed by atoms with E-state index in [1.54, 1.807) is 42.6 Å². The fraction of sp³-hybridized carbons (Fsp3) is 0.512. The van der Waals surface area contributed by atoms with Gasteiger partial charge in [0.2, 0.25) is 16.0 Å². The third-order valence-electron chi connectivity index (χ3n) is 12.1. The first-order chi connectivity index (χ1) is 27.3. The molecule has 1 aliphatic carbocycles. The first-order valence-electron chi connectivity index (χ1n) is 20.2. The Hall–Kier alpha value is -4.57. The van der Waals surface area contributed by atoms with Crippen molar-refractivity contribution in [2.75, 3.05) is 57.7 Å². The molecule has 6 heterocycles. The van der Waals surface area contributed by atoms with Crippen LogP contribution in [-0.2, 0) is 16.6 Å². The number of hydrogen-bond donors (Lipinski definition) is 2. The number of fused-ring (bicyclic) bond motifs is 2. The molecule has 0 spiro atoms. The number of ether oxygens (including phenoxy) is 2. The van der Waals surface area contributed by atoms with Crippen LogP contribution in [0.25, 0.3) is 11.0 Å². The van der Waals surface area contributed by atoms with Gasteiger partial charge in [-0.25, -0.2) is 13.4 Å². The Labute approximate surface area is 327 Å². The number of pyridine rings is 1. The van der Waals surface area contributed by atoms with Gasteiger partial charge in [0.15, 0.2) is 0 Å². The SMILES string of the molecule is O=C1c2cccc(OCCN3CC(Oc4cccc(S(=O)(=O)N5CCC(Nc6ncc7ccc(=O)n(C8CCCC8)c7n6)CC5)c4)C3)c2CN1C1CCCNC1. The molecule has 1 amide bonds. The summed E-state index contributed by atoms with van der Waals surface area (Å²) in [6.07, 6.45) is 9.19. The van der Waals surface area contributed by atoms with E-state index in [9.17, 15) is 18.0 Å². The molecule has 1 unspecified atom stereocenters. The van der Waals surface area contributed by atoms with Gasteiger partial charge in [0, 0.05) is 92.2 Å². The Kier molecular flexibility index (Phi) is 10.4. The third-order valence-corrected chi connectivity index (χ3v) is 14.0. The molecule has 9 rings (SSSR count). The van der Waals surface area contributed by atoms with E-state index < -0.39 is 10.0 Å². The molecule has 2 aromatic carbocycles. The van der Waals surface area contributed by atoms with Crippen LogP contribution in [0.4, 0.5) is 5.95 Å². The summed E-state index contributed by atoms with van der Waals surface area (Å²) >= 11 is 0. The highest BCUT2D eigenvalue weighted by Gasteiger charge is 2.36. The summed E-state index contributed by atoms with van der Waals surface area (Å²) in [5.41, 5.74) is 2.34. The van der Waals surface area contributed by atoms with E-state index in [2.05, 4.69) is 20.5 Å². The van der Waals surface area contributed by atoms with Crippen molar-refractivity contribution in [1.82, 2.24) is 34.0 Å². The van der Waals surface area contributed by atoms with Gasteiger partial charge in [0.1, 0.15) is 29.9 Å². The molecule has 2 N–H and O–H groups in total. The fourth-order valence-electron chi connectivity index (χ4n) is 9.02. The Balaban J connectivity index is 0.745. The lowest BCUT2D eigenvalue weighted by molar-refractivity contribution is 0.0125. The number of benzene rings is 2. The molecule has 56 heavy (non-hydrogen) atoms. The van der Waals surface area contributed by atoms with Crippen LogP contribution in [-0.4, -0.2) is 114 Å². The minimum Gasteiger partial charge on any atom is -0.492 e. The van der Waals surface area contributed by atoms with Gasteiger partial charge in [-0.1, -0.05) is 25.0 Å². The Morgan fingerprint density at radius 3 is 2.52 bits per heavy atom. The van der Waals surface area contributed by atoms with Crippen LogP contribution in [0.2, 0.25) is 0 Å². The minimum atomic E-state index is -3.72. The van der Waals surface area contributed by atoms with E-state index in [-0.39, 0.29) is 40.6 Å². The van der Waals surface area contributed by atoms with Crippen molar-refractivity contribution in [1.29, 1.82) is 0 Å². The van der Waals surface area contributed by atoms with Crippen molar-refractivity contribution in [3.05, 3.63) is 82.3 Å². The lowest BCUT2D eigenvalue weighted by Gasteiger charge is -2.39. The van der Waals surface area contributed by atoms with Crippen molar-refractivity contribution < 1.29 is 22.7 Å². The molecular formula is C41H50N8O6S. The Bertz CT molecular complexity index is 2240. The van der Waals surface area contributed by atoms with E-state index in [0.29, 0.717) is 69.5 Å². The van der Waals surface area contributed by atoms with E-state index >= 15 is 0 Å². The summed E-state index contributed by atoms with van der Waals surface area (Å²) in [6.45, 7) is 5.82. The highest BCUT2D eigenvalue weighted by atomic mass is 32.2. The molecule has 4 aliphatic heterocycles. The van der Waals surface area contributed by atoms with E-state index in [4.69, 9.17) is 14.5 Å². The summed E-state index contributed by atoms with van der Waals surface area (Å²) in [5.74, 6) is 1.87. The number of anilines is 1. The summed E-state index contributed by atoms with van der Waals surface area (Å²) < 4.78 is 43.3. The van der Waals surface area contributed by atoms with Gasteiger partial charge in [-0.05, 0) is 75.4 Å². The summed E-state index contributed by atoms with van der Waals surface area (Å²) in [7, 11) is -3.72. The van der Waals surface area contributed by atoms with Crippen LogP contribution in [0.5, 0.6) is 11.5 Å². The monoisotopic (exact) mass is 782 g/mol. The molecule has 14 nitrogen and oxygen atoms in total. The maximum absolute atomic E-state index is 13.7. The smallest absolute Gasteiger partial charge is 0.254 e. The van der Waals surface area contributed by atoms with Crippen molar-refractivity contribution in [3.8, 4) is 11.5 Å². The van der Waals surface area contributed by atoms with Crippen LogP contribution in [0.15, 0.2) is 70.5 Å². The molecule has 5 aliphatic rings. The third kappa shape index (κ3) is 7.49. The zero-order valence-electron chi connectivity index (χ0n) is 31.6. The summed E-state index contributed by atoms with van der Waals surface area (Å²) in [4.78, 5) is 39.7. The average molecular weight is 783 g/mol. The predicted octanol–water partition coefficient (Wildman–Crippen LogP) is 4.02. The number of carbonyl (C=O) groups excluding carboxylic acids is 1. The van der Waals surface area contributed by atoms with Crippen molar-refractivity contribution in [2.24, 2.45) is 0 Å². The van der Waals surface area contributed by atoms with Gasteiger partial charge in [0.25, 0.3) is 11.5 Å². The molecular weight excluding hydrogens is 733 g/mol. The van der Waals surface area contributed by atoms with Crippen LogP contribution in [0.1, 0.15) is 73.3 Å². The van der Waals surface area contributed by atoms with Gasteiger partial charge in [-0.3, -0.25) is 19.1 Å². The fourth-order valence-corrected chi connectivity index (χ4v) is 10.5. The van der Waals surface area contributed by atoms with Gasteiger partial charge in [-0.2, -0.15) is 9.29 Å². The molecule has 2 aromatic heterocycles. The molecule has 3 saturated heterocycles. The van der Waals surface area contributed by atoms with E-state index in [1.165, 1.54) is 4.31 Å². The number of amides is 1. The number of sulfonamides is 1. The largest absolute Gasteiger partial charge is 0.492 e. The number of likely N-dealkylation sites (tertiary alicyclic amines) is 1. The first-order valence-corrected chi connectivity index (χ1v) is 21.6. The molecule has 296 valence electrons. The van der Waals surface area contributed by atoms with Gasteiger partial charge >= 0.3 is 0 Å². The zero-order chi connectivity index (χ0) is 38.2. The van der Waals surface area contributed by atoms with Crippen LogP contribution >= 0.6 is 0 Å². The van der Waals surface area contributed by atoms with Crippen LogP contribution < -0.4 is 25.7 Å². The predicted molar refractivity (Wildman–Crippen MR) is 212 cm³/mol. The quantitative estimate of drug-likeness (QED) is 0.215. The topological polar surface area (TPSA) is 151 Å². The second-order valence-corrected chi connectivity index (χ2v) is 17.8. The van der Waals surface area contributed by atoms with Crippen LogP contribution in [0, 0.1) is 0 Å². The first kappa shape index (κ1) is 37.0. The number of rotatable bonds is 12. The van der Waals surface area contributed by atoms with Crippen molar-refractivity contribution in [3.63, 3.8) is 0 Å². The zero-order valence-corrected chi connectivity index (χ0v) is 32.5. The standard InChI is InChI=1S/C41H50N8O6S/c50-38-14-13-28-23-43-41(45-39(28)49(38)30-6-1-2-7-30)44-29-15-18-47(19-16-29)56(52,53)34-10-3-9-32(22-34)55-33-25-46(26-33)20-21-54-37-12-4-11-35-36(37)27-48(40(35)51)31-8-5-17-42-24-31/h3-4,9-14,22-23,29-31,33,42H,1-2,5-8,15-21,24-27H2,(H,43,44,45). The molecule has 4 aromatic rings. The number of piperidine rings is 2. The Morgan fingerprint density at radius 1 is 0.911 bits per heavy atom. The number of nitrogens with one attached hydrogen (secondary N) is 2.